The van der Waals surface area contributed by atoms with E-state index in [0.717, 1.165) is 25.9 Å². The molecule has 0 aliphatic carbocycles. The fourth-order valence-electron chi connectivity index (χ4n) is 2.75. The van der Waals surface area contributed by atoms with Crippen molar-refractivity contribution in [3.63, 3.8) is 0 Å². The zero-order valence-corrected chi connectivity index (χ0v) is 13.1. The van der Waals surface area contributed by atoms with Gasteiger partial charge in [0.1, 0.15) is 0 Å². The Morgan fingerprint density at radius 1 is 1.29 bits per heavy atom. The summed E-state index contributed by atoms with van der Waals surface area (Å²) in [6.45, 7) is 2.14. The minimum Gasteiger partial charge on any atom is -0.304 e. The van der Waals surface area contributed by atoms with Crippen LogP contribution in [0.2, 0.25) is 0 Å². The number of nitrogens with zero attached hydrogens (tertiary/aromatic N) is 2. The standard InChI is InChI=1S/C16H22N4S/c1-20(9-6-13-4-7-17-8-5-13)12-14-11-15(19-18-14)16-3-2-10-21-16/h2-5,7-8,10,14-15,18-19H,6,9,11-12H2,1H3. The van der Waals surface area contributed by atoms with Gasteiger partial charge in [-0.1, -0.05) is 6.07 Å². The summed E-state index contributed by atoms with van der Waals surface area (Å²) < 4.78 is 0. The molecule has 2 N–H and O–H groups in total. The van der Waals surface area contributed by atoms with Crippen LogP contribution in [0.4, 0.5) is 0 Å². The molecule has 3 rings (SSSR count). The summed E-state index contributed by atoms with van der Waals surface area (Å²) in [4.78, 5) is 7.88. The van der Waals surface area contributed by atoms with E-state index < -0.39 is 0 Å². The van der Waals surface area contributed by atoms with E-state index in [4.69, 9.17) is 0 Å². The molecule has 0 spiro atoms. The number of nitrogens with one attached hydrogen (secondary N) is 2. The van der Waals surface area contributed by atoms with Gasteiger partial charge in [-0.25, -0.2) is 5.43 Å². The van der Waals surface area contributed by atoms with Gasteiger partial charge in [0.25, 0.3) is 0 Å². The summed E-state index contributed by atoms with van der Waals surface area (Å²) in [6.07, 6.45) is 5.96. The number of hydrogen-bond acceptors (Lipinski definition) is 5. The Bertz CT molecular complexity index is 528. The summed E-state index contributed by atoms with van der Waals surface area (Å²) in [5, 5.41) is 2.14. The largest absolute Gasteiger partial charge is 0.304 e. The number of pyridine rings is 1. The van der Waals surface area contributed by atoms with Gasteiger partial charge >= 0.3 is 0 Å². The highest BCUT2D eigenvalue weighted by Crippen LogP contribution is 2.26. The Labute approximate surface area is 130 Å². The van der Waals surface area contributed by atoms with Gasteiger partial charge in [0, 0.05) is 36.4 Å². The summed E-state index contributed by atoms with van der Waals surface area (Å²) in [5.74, 6) is 0. The third kappa shape index (κ3) is 4.11. The third-order valence-corrected chi connectivity index (χ3v) is 4.92. The lowest BCUT2D eigenvalue weighted by Crippen LogP contribution is -2.39. The van der Waals surface area contributed by atoms with Gasteiger partial charge in [0.2, 0.25) is 0 Å². The first-order chi connectivity index (χ1) is 10.3. The zero-order valence-electron chi connectivity index (χ0n) is 12.3. The molecule has 3 heterocycles. The predicted molar refractivity (Wildman–Crippen MR) is 87.2 cm³/mol. The molecule has 1 aliphatic heterocycles. The molecule has 21 heavy (non-hydrogen) atoms. The quantitative estimate of drug-likeness (QED) is 0.858. The lowest BCUT2D eigenvalue weighted by Gasteiger charge is -2.20. The highest BCUT2D eigenvalue weighted by atomic mass is 32.1. The number of hydrazine groups is 1. The molecule has 2 aromatic heterocycles. The minimum absolute atomic E-state index is 0.462. The molecule has 1 saturated heterocycles. The minimum atomic E-state index is 0.462. The molecule has 1 fully saturated rings. The van der Waals surface area contributed by atoms with Crippen molar-refractivity contribution >= 4 is 11.3 Å². The van der Waals surface area contributed by atoms with Crippen LogP contribution in [0.5, 0.6) is 0 Å². The first-order valence-corrected chi connectivity index (χ1v) is 8.31. The Morgan fingerprint density at radius 3 is 2.90 bits per heavy atom. The Hall–Kier alpha value is -1.27. The fourth-order valence-corrected chi connectivity index (χ4v) is 3.55. The number of rotatable bonds is 6. The van der Waals surface area contributed by atoms with Gasteiger partial charge in [-0.05, 0) is 49.0 Å². The second kappa shape index (κ2) is 7.13. The van der Waals surface area contributed by atoms with E-state index in [0.29, 0.717) is 12.1 Å². The SMILES string of the molecule is CN(CCc1ccncc1)CC1CC(c2cccs2)NN1. The lowest BCUT2D eigenvalue weighted by atomic mass is 10.1. The first-order valence-electron chi connectivity index (χ1n) is 7.43. The van der Waals surface area contributed by atoms with Crippen molar-refractivity contribution < 1.29 is 0 Å². The molecule has 0 bridgehead atoms. The van der Waals surface area contributed by atoms with Crippen LogP contribution >= 0.6 is 11.3 Å². The van der Waals surface area contributed by atoms with Gasteiger partial charge < -0.3 is 4.90 Å². The molecule has 2 unspecified atom stereocenters. The monoisotopic (exact) mass is 302 g/mol. The molecule has 0 radical (unpaired) electrons. The highest BCUT2D eigenvalue weighted by molar-refractivity contribution is 7.10. The summed E-state index contributed by atoms with van der Waals surface area (Å²) >= 11 is 1.83. The van der Waals surface area contributed by atoms with Crippen LogP contribution in [-0.2, 0) is 6.42 Å². The fraction of sp³-hybridized carbons (Fsp3) is 0.438. The average Bonchev–Trinajstić information content (AvgIpc) is 3.17. The third-order valence-electron chi connectivity index (χ3n) is 3.93. The van der Waals surface area contributed by atoms with Gasteiger partial charge in [-0.3, -0.25) is 10.4 Å². The van der Waals surface area contributed by atoms with Crippen molar-refractivity contribution in [2.45, 2.75) is 24.9 Å². The van der Waals surface area contributed by atoms with Gasteiger partial charge in [-0.2, -0.15) is 0 Å². The zero-order chi connectivity index (χ0) is 14.5. The van der Waals surface area contributed by atoms with Crippen LogP contribution in [0.15, 0.2) is 42.0 Å². The van der Waals surface area contributed by atoms with Crippen molar-refractivity contribution in [2.75, 3.05) is 20.1 Å². The summed E-state index contributed by atoms with van der Waals surface area (Å²) in [6, 6.07) is 9.49. The second-order valence-corrected chi connectivity index (χ2v) is 6.64. The number of hydrogen-bond donors (Lipinski definition) is 2. The van der Waals surface area contributed by atoms with Gasteiger partial charge in [-0.15, -0.1) is 11.3 Å². The molecule has 2 atom stereocenters. The topological polar surface area (TPSA) is 40.2 Å². The van der Waals surface area contributed by atoms with Crippen molar-refractivity contribution in [3.05, 3.63) is 52.5 Å². The molecule has 1 aliphatic rings. The Balaban J connectivity index is 1.42. The molecular weight excluding hydrogens is 280 g/mol. The molecule has 2 aromatic rings. The van der Waals surface area contributed by atoms with E-state index in [1.807, 2.05) is 23.7 Å². The van der Waals surface area contributed by atoms with Gasteiger partial charge in [0.05, 0.1) is 6.04 Å². The highest BCUT2D eigenvalue weighted by Gasteiger charge is 2.26. The van der Waals surface area contributed by atoms with E-state index in [1.165, 1.54) is 10.4 Å². The molecule has 0 aromatic carbocycles. The van der Waals surface area contributed by atoms with E-state index in [2.05, 4.69) is 57.4 Å². The predicted octanol–water partition coefficient (Wildman–Crippen LogP) is 2.23. The summed E-state index contributed by atoms with van der Waals surface area (Å²) in [5.41, 5.74) is 8.20. The van der Waals surface area contributed by atoms with E-state index in [1.54, 1.807) is 0 Å². The number of likely N-dealkylation sites (N-methyl/N-ethyl adjacent to an activating group) is 1. The Kier molecular flexibility index (Phi) is 4.98. The molecule has 0 amide bonds. The average molecular weight is 302 g/mol. The molecule has 4 nitrogen and oxygen atoms in total. The van der Waals surface area contributed by atoms with Crippen molar-refractivity contribution in [1.29, 1.82) is 0 Å². The Morgan fingerprint density at radius 2 is 2.14 bits per heavy atom. The second-order valence-electron chi connectivity index (χ2n) is 5.66. The van der Waals surface area contributed by atoms with Crippen LogP contribution < -0.4 is 10.9 Å². The molecule has 5 heteroatoms. The molecular formula is C16H22N4S. The molecule has 0 saturated carbocycles. The maximum absolute atomic E-state index is 4.06. The lowest BCUT2D eigenvalue weighted by molar-refractivity contribution is 0.299. The van der Waals surface area contributed by atoms with Crippen LogP contribution in [0.25, 0.3) is 0 Å². The maximum Gasteiger partial charge on any atom is 0.0571 e. The summed E-state index contributed by atoms with van der Waals surface area (Å²) in [7, 11) is 2.20. The normalized spacial score (nSPS) is 22.0. The van der Waals surface area contributed by atoms with Crippen LogP contribution in [0.1, 0.15) is 22.9 Å². The van der Waals surface area contributed by atoms with Crippen LogP contribution in [0.3, 0.4) is 0 Å². The number of thiophene rings is 1. The smallest absolute Gasteiger partial charge is 0.0571 e. The van der Waals surface area contributed by atoms with Crippen molar-refractivity contribution in [2.24, 2.45) is 0 Å². The van der Waals surface area contributed by atoms with Crippen LogP contribution in [0, 0.1) is 0 Å². The van der Waals surface area contributed by atoms with E-state index >= 15 is 0 Å². The van der Waals surface area contributed by atoms with Crippen molar-refractivity contribution in [1.82, 2.24) is 20.7 Å². The van der Waals surface area contributed by atoms with E-state index in [-0.39, 0.29) is 0 Å². The van der Waals surface area contributed by atoms with E-state index in [9.17, 15) is 0 Å². The maximum atomic E-state index is 4.06. The van der Waals surface area contributed by atoms with Gasteiger partial charge in [0.15, 0.2) is 0 Å². The van der Waals surface area contributed by atoms with Crippen molar-refractivity contribution in [3.8, 4) is 0 Å². The first kappa shape index (κ1) is 14.7. The molecule has 112 valence electrons. The van der Waals surface area contributed by atoms with Crippen LogP contribution in [-0.4, -0.2) is 36.1 Å². The number of aromatic nitrogens is 1.